The molecule has 1 aromatic rings. The lowest BCUT2D eigenvalue weighted by molar-refractivity contribution is -0.138. The molecule has 0 saturated heterocycles. The molecule has 1 aromatic heterocycles. The molecule has 0 amide bonds. The molecule has 15 heavy (non-hydrogen) atoms. The fourth-order valence-electron chi connectivity index (χ4n) is 2.41. The van der Waals surface area contributed by atoms with E-state index in [-0.39, 0.29) is 11.8 Å². The lowest BCUT2D eigenvalue weighted by Gasteiger charge is -2.25. The van der Waals surface area contributed by atoms with Gasteiger partial charge in [0.05, 0.1) is 6.42 Å². The highest BCUT2D eigenvalue weighted by Crippen LogP contribution is 2.45. The highest BCUT2D eigenvalue weighted by atomic mass is 32.1. The molecule has 1 atom stereocenters. The van der Waals surface area contributed by atoms with Gasteiger partial charge in [0, 0.05) is 21.7 Å². The summed E-state index contributed by atoms with van der Waals surface area (Å²) in [6, 6.07) is 2.17. The number of thiophene rings is 1. The second kappa shape index (κ2) is 3.61. The maximum absolute atomic E-state index is 10.9. The van der Waals surface area contributed by atoms with Crippen molar-refractivity contribution < 1.29 is 9.90 Å². The summed E-state index contributed by atoms with van der Waals surface area (Å²) < 4.78 is 0. The van der Waals surface area contributed by atoms with Crippen molar-refractivity contribution in [3.8, 4) is 0 Å². The van der Waals surface area contributed by atoms with Crippen LogP contribution < -0.4 is 5.73 Å². The lowest BCUT2D eigenvalue weighted by atomic mass is 9.83. The van der Waals surface area contributed by atoms with Gasteiger partial charge in [0.25, 0.3) is 0 Å². The Labute approximate surface area is 92.9 Å². The van der Waals surface area contributed by atoms with E-state index in [9.17, 15) is 4.79 Å². The third-order valence-corrected chi connectivity index (χ3v) is 4.51. The number of rotatable bonds is 3. The molecule has 0 fully saturated rings. The van der Waals surface area contributed by atoms with E-state index in [2.05, 4.69) is 13.0 Å². The zero-order chi connectivity index (χ0) is 11.1. The van der Waals surface area contributed by atoms with Crippen LogP contribution in [0.25, 0.3) is 0 Å². The van der Waals surface area contributed by atoms with Crippen LogP contribution >= 0.6 is 11.3 Å². The van der Waals surface area contributed by atoms with Gasteiger partial charge in [-0.05, 0) is 31.4 Å². The molecule has 3 N–H and O–H groups in total. The largest absolute Gasteiger partial charge is 0.481 e. The Bertz CT molecular complexity index is 399. The van der Waals surface area contributed by atoms with Crippen molar-refractivity contribution in [2.75, 3.05) is 6.54 Å². The summed E-state index contributed by atoms with van der Waals surface area (Å²) in [5, 5.41) is 8.95. The van der Waals surface area contributed by atoms with E-state index in [1.165, 1.54) is 15.3 Å². The van der Waals surface area contributed by atoms with Crippen molar-refractivity contribution in [1.82, 2.24) is 0 Å². The second-order valence-electron chi connectivity index (χ2n) is 4.27. The Hall–Kier alpha value is -0.870. The molecule has 0 saturated carbocycles. The number of aryl methyl sites for hydroxylation is 2. The summed E-state index contributed by atoms with van der Waals surface area (Å²) in [4.78, 5) is 13.4. The number of hydrogen-bond acceptors (Lipinski definition) is 3. The van der Waals surface area contributed by atoms with Gasteiger partial charge >= 0.3 is 5.97 Å². The summed E-state index contributed by atoms with van der Waals surface area (Å²) >= 11 is 1.71. The summed E-state index contributed by atoms with van der Waals surface area (Å²) in [6.45, 7) is 2.50. The molecule has 1 unspecified atom stereocenters. The van der Waals surface area contributed by atoms with Crippen molar-refractivity contribution in [3.05, 3.63) is 21.4 Å². The first-order valence-corrected chi connectivity index (χ1v) is 5.91. The van der Waals surface area contributed by atoms with Crippen LogP contribution in [0.1, 0.15) is 28.2 Å². The van der Waals surface area contributed by atoms with Crippen LogP contribution in [-0.2, 0) is 16.6 Å². The van der Waals surface area contributed by atoms with Crippen molar-refractivity contribution >= 4 is 17.3 Å². The van der Waals surface area contributed by atoms with Crippen molar-refractivity contribution in [3.63, 3.8) is 0 Å². The molecule has 1 aliphatic carbocycles. The minimum Gasteiger partial charge on any atom is -0.481 e. The van der Waals surface area contributed by atoms with Crippen LogP contribution in [-0.4, -0.2) is 17.6 Å². The predicted molar refractivity (Wildman–Crippen MR) is 60.4 cm³/mol. The van der Waals surface area contributed by atoms with Gasteiger partial charge in [-0.3, -0.25) is 4.79 Å². The highest BCUT2D eigenvalue weighted by Gasteiger charge is 2.40. The van der Waals surface area contributed by atoms with E-state index in [1.54, 1.807) is 11.3 Å². The Morgan fingerprint density at radius 2 is 2.47 bits per heavy atom. The molecule has 0 aliphatic heterocycles. The first-order chi connectivity index (χ1) is 7.07. The molecule has 1 heterocycles. The van der Waals surface area contributed by atoms with E-state index in [1.807, 2.05) is 0 Å². The molecule has 0 aromatic carbocycles. The molecule has 82 valence electrons. The first kappa shape index (κ1) is 10.6. The Balaban J connectivity index is 2.39. The fraction of sp³-hybridized carbons (Fsp3) is 0.545. The van der Waals surface area contributed by atoms with E-state index in [4.69, 9.17) is 10.8 Å². The zero-order valence-electron chi connectivity index (χ0n) is 8.75. The molecular weight excluding hydrogens is 210 g/mol. The Kier molecular flexibility index (Phi) is 2.56. The summed E-state index contributed by atoms with van der Waals surface area (Å²) in [5.41, 5.74) is 6.80. The average molecular weight is 225 g/mol. The number of hydrogen-bond donors (Lipinski definition) is 2. The Morgan fingerprint density at radius 3 is 3.07 bits per heavy atom. The van der Waals surface area contributed by atoms with E-state index >= 15 is 0 Å². The Morgan fingerprint density at radius 1 is 1.73 bits per heavy atom. The smallest absolute Gasteiger partial charge is 0.304 e. The van der Waals surface area contributed by atoms with Crippen LogP contribution in [0.5, 0.6) is 0 Å². The molecule has 1 aliphatic rings. The summed E-state index contributed by atoms with van der Waals surface area (Å²) in [5.74, 6) is -0.751. The van der Waals surface area contributed by atoms with E-state index < -0.39 is 5.97 Å². The van der Waals surface area contributed by atoms with Gasteiger partial charge in [0.15, 0.2) is 0 Å². The number of carboxylic acids is 1. The fourth-order valence-corrected chi connectivity index (χ4v) is 3.70. The van der Waals surface area contributed by atoms with Crippen molar-refractivity contribution in [1.29, 1.82) is 0 Å². The predicted octanol–water partition coefficient (Wildman–Crippen LogP) is 1.67. The minimum atomic E-state index is -0.751. The third-order valence-electron chi connectivity index (χ3n) is 3.17. The number of aliphatic carboxylic acids is 1. The molecule has 4 heteroatoms. The lowest BCUT2D eigenvalue weighted by Crippen LogP contribution is -2.34. The third kappa shape index (κ3) is 1.68. The average Bonchev–Trinajstić information content (AvgIpc) is 2.65. The SMILES string of the molecule is Cc1cc2c(s1)C(CN)(CC(=O)O)CC2. The number of carboxylic acid groups (broad SMARTS) is 1. The van der Waals surface area contributed by atoms with Crippen LogP contribution in [0.15, 0.2) is 6.07 Å². The van der Waals surface area contributed by atoms with E-state index in [0.29, 0.717) is 6.54 Å². The standard InChI is InChI=1S/C11H15NO2S/c1-7-4-8-2-3-11(6-12,5-9(13)14)10(8)15-7/h4H,2-3,5-6,12H2,1H3,(H,13,14). The topological polar surface area (TPSA) is 63.3 Å². The summed E-state index contributed by atoms with van der Waals surface area (Å²) in [6.07, 6.45) is 2.03. The maximum atomic E-state index is 10.9. The highest BCUT2D eigenvalue weighted by molar-refractivity contribution is 7.12. The van der Waals surface area contributed by atoms with Crippen LogP contribution in [0.2, 0.25) is 0 Å². The molecule has 2 rings (SSSR count). The van der Waals surface area contributed by atoms with Gasteiger partial charge in [-0.1, -0.05) is 0 Å². The van der Waals surface area contributed by atoms with Crippen LogP contribution in [0.4, 0.5) is 0 Å². The van der Waals surface area contributed by atoms with Crippen LogP contribution in [0, 0.1) is 6.92 Å². The molecule has 0 bridgehead atoms. The van der Waals surface area contributed by atoms with Crippen molar-refractivity contribution in [2.24, 2.45) is 5.73 Å². The zero-order valence-corrected chi connectivity index (χ0v) is 9.56. The van der Waals surface area contributed by atoms with Gasteiger partial charge in [-0.2, -0.15) is 0 Å². The van der Waals surface area contributed by atoms with Gasteiger partial charge in [0.2, 0.25) is 0 Å². The van der Waals surface area contributed by atoms with Crippen LogP contribution in [0.3, 0.4) is 0 Å². The van der Waals surface area contributed by atoms with Crippen molar-refractivity contribution in [2.45, 2.75) is 31.6 Å². The molecule has 0 radical (unpaired) electrons. The quantitative estimate of drug-likeness (QED) is 0.822. The van der Waals surface area contributed by atoms with Gasteiger partial charge < -0.3 is 10.8 Å². The van der Waals surface area contributed by atoms with Gasteiger partial charge in [0.1, 0.15) is 0 Å². The van der Waals surface area contributed by atoms with E-state index in [0.717, 1.165) is 12.8 Å². The second-order valence-corrected chi connectivity index (χ2v) is 5.52. The molecule has 3 nitrogen and oxygen atoms in total. The molecular formula is C11H15NO2S. The number of carbonyl (C=O) groups is 1. The van der Waals surface area contributed by atoms with Gasteiger partial charge in [-0.15, -0.1) is 11.3 Å². The number of fused-ring (bicyclic) bond motifs is 1. The number of nitrogens with two attached hydrogens (primary N) is 1. The summed E-state index contributed by atoms with van der Waals surface area (Å²) in [7, 11) is 0. The maximum Gasteiger partial charge on any atom is 0.304 e. The normalized spacial score (nSPS) is 24.1. The monoisotopic (exact) mass is 225 g/mol. The first-order valence-electron chi connectivity index (χ1n) is 5.09. The van der Waals surface area contributed by atoms with Gasteiger partial charge in [-0.25, -0.2) is 0 Å². The minimum absolute atomic E-state index is 0.163. The molecule has 0 spiro atoms.